The van der Waals surface area contributed by atoms with Crippen LogP contribution in [0.2, 0.25) is 0 Å². The van der Waals surface area contributed by atoms with Crippen molar-refractivity contribution in [3.63, 3.8) is 0 Å². The van der Waals surface area contributed by atoms with Gasteiger partial charge in [-0.25, -0.2) is 4.98 Å². The lowest BCUT2D eigenvalue weighted by Gasteiger charge is -2.32. The molecule has 29 heavy (non-hydrogen) atoms. The van der Waals surface area contributed by atoms with Crippen LogP contribution in [0, 0.1) is 17.0 Å². The van der Waals surface area contributed by atoms with Gasteiger partial charge in [-0.2, -0.15) is 0 Å². The van der Waals surface area contributed by atoms with Gasteiger partial charge in [-0.3, -0.25) is 19.7 Å². The lowest BCUT2D eigenvalue weighted by molar-refractivity contribution is -0.387. The molecule has 2 heterocycles. The molecule has 1 aliphatic rings. The van der Waals surface area contributed by atoms with E-state index in [4.69, 9.17) is 0 Å². The number of piperidine rings is 1. The Balaban J connectivity index is 1.70. The molecule has 2 amide bonds. The highest BCUT2D eigenvalue weighted by Crippen LogP contribution is 2.37. The van der Waals surface area contributed by atoms with E-state index in [0.29, 0.717) is 42.8 Å². The van der Waals surface area contributed by atoms with Gasteiger partial charge in [-0.15, -0.1) is 11.3 Å². The molecule has 154 valence electrons. The summed E-state index contributed by atoms with van der Waals surface area (Å²) in [7, 11) is 0. The number of carbonyl (C=O) groups excluding carboxylic acids is 2. The normalized spacial score (nSPS) is 14.6. The van der Waals surface area contributed by atoms with Gasteiger partial charge in [0.2, 0.25) is 5.91 Å². The van der Waals surface area contributed by atoms with E-state index in [1.807, 2.05) is 12.3 Å². The third-order valence-corrected chi connectivity index (χ3v) is 6.79. The molecule has 1 saturated heterocycles. The van der Waals surface area contributed by atoms with Gasteiger partial charge in [0.1, 0.15) is 0 Å². The molecule has 8 nitrogen and oxygen atoms in total. The monoisotopic (exact) mass is 434 g/mol. The molecule has 1 aromatic carbocycles. The second-order valence-corrected chi connectivity index (χ2v) is 8.93. The maximum Gasteiger partial charge on any atom is 0.284 e. The Hall–Kier alpha value is -2.46. The molecule has 1 aromatic heterocycles. The van der Waals surface area contributed by atoms with E-state index < -0.39 is 4.92 Å². The Morgan fingerprint density at radius 3 is 2.69 bits per heavy atom. The maximum absolute atomic E-state index is 12.8. The van der Waals surface area contributed by atoms with E-state index in [1.165, 1.54) is 29.2 Å². The Bertz CT molecular complexity index is 923. The van der Waals surface area contributed by atoms with Gasteiger partial charge in [0.15, 0.2) is 4.34 Å². The van der Waals surface area contributed by atoms with Crippen molar-refractivity contribution in [2.45, 2.75) is 48.4 Å². The molecule has 0 spiro atoms. The lowest BCUT2D eigenvalue weighted by atomic mass is 10.0. The van der Waals surface area contributed by atoms with E-state index in [9.17, 15) is 19.7 Å². The van der Waals surface area contributed by atoms with E-state index in [-0.39, 0.29) is 23.5 Å². The minimum Gasteiger partial charge on any atom is -0.353 e. The molecule has 3 rings (SSSR count). The summed E-state index contributed by atoms with van der Waals surface area (Å²) in [5.41, 5.74) is 1.07. The number of nitro groups is 1. The Kier molecular flexibility index (Phi) is 6.86. The Morgan fingerprint density at radius 2 is 2.10 bits per heavy atom. The van der Waals surface area contributed by atoms with Gasteiger partial charge >= 0.3 is 0 Å². The number of nitro benzene ring substituents is 1. The van der Waals surface area contributed by atoms with Crippen molar-refractivity contribution in [2.75, 3.05) is 13.1 Å². The molecule has 1 fully saturated rings. The van der Waals surface area contributed by atoms with Crippen molar-refractivity contribution in [2.24, 2.45) is 0 Å². The molecule has 0 aliphatic carbocycles. The summed E-state index contributed by atoms with van der Waals surface area (Å²) in [4.78, 5) is 41.9. The van der Waals surface area contributed by atoms with Crippen LogP contribution in [0.15, 0.2) is 32.8 Å². The zero-order chi connectivity index (χ0) is 21.0. The van der Waals surface area contributed by atoms with E-state index in [1.54, 1.807) is 24.0 Å². The summed E-state index contributed by atoms with van der Waals surface area (Å²) in [6.45, 7) is 4.69. The maximum atomic E-state index is 12.8. The summed E-state index contributed by atoms with van der Waals surface area (Å²) in [5, 5.41) is 16.4. The highest BCUT2D eigenvalue weighted by atomic mass is 32.2. The highest BCUT2D eigenvalue weighted by molar-refractivity contribution is 8.01. The van der Waals surface area contributed by atoms with Crippen molar-refractivity contribution >= 4 is 40.6 Å². The van der Waals surface area contributed by atoms with Gasteiger partial charge in [-0.05, 0) is 31.9 Å². The minimum atomic E-state index is -0.466. The number of aryl methyl sites for hydroxylation is 1. The molecule has 0 atom stereocenters. The van der Waals surface area contributed by atoms with Crippen molar-refractivity contribution in [3.05, 3.63) is 45.0 Å². The van der Waals surface area contributed by atoms with Crippen molar-refractivity contribution in [1.82, 2.24) is 15.2 Å². The summed E-state index contributed by atoms with van der Waals surface area (Å²) in [5.74, 6) is -0.219. The molecule has 2 aromatic rings. The van der Waals surface area contributed by atoms with E-state index in [2.05, 4.69) is 10.3 Å². The average Bonchev–Trinajstić information content (AvgIpc) is 3.12. The first-order valence-corrected chi connectivity index (χ1v) is 11.0. The average molecular weight is 435 g/mol. The van der Waals surface area contributed by atoms with Crippen LogP contribution in [0.5, 0.6) is 0 Å². The number of nitrogens with one attached hydrogen (secondary N) is 1. The van der Waals surface area contributed by atoms with Crippen LogP contribution in [-0.4, -0.2) is 45.8 Å². The number of aromatic nitrogens is 1. The predicted octanol–water partition coefficient (Wildman–Crippen LogP) is 3.64. The number of rotatable bonds is 6. The zero-order valence-electron chi connectivity index (χ0n) is 16.2. The van der Waals surface area contributed by atoms with Crippen LogP contribution >= 0.6 is 23.1 Å². The van der Waals surface area contributed by atoms with E-state index >= 15 is 0 Å². The van der Waals surface area contributed by atoms with Crippen LogP contribution in [0.1, 0.15) is 42.2 Å². The third kappa shape index (κ3) is 5.33. The fraction of sp³-hybridized carbons (Fsp3) is 0.421. The quantitative estimate of drug-likeness (QED) is 0.550. The van der Waals surface area contributed by atoms with Crippen LogP contribution in [0.3, 0.4) is 0 Å². The summed E-state index contributed by atoms with van der Waals surface area (Å²) >= 11 is 2.66. The zero-order valence-corrected chi connectivity index (χ0v) is 17.8. The number of benzene rings is 1. The van der Waals surface area contributed by atoms with Crippen molar-refractivity contribution in [1.29, 1.82) is 0 Å². The Labute approximate surface area is 176 Å². The number of hydrogen-bond acceptors (Lipinski definition) is 7. The number of thiazole rings is 1. The highest BCUT2D eigenvalue weighted by Gasteiger charge is 2.26. The van der Waals surface area contributed by atoms with Crippen LogP contribution < -0.4 is 5.32 Å². The fourth-order valence-electron chi connectivity index (χ4n) is 3.09. The summed E-state index contributed by atoms with van der Waals surface area (Å²) in [6, 6.07) is 4.65. The summed E-state index contributed by atoms with van der Waals surface area (Å²) < 4.78 is 0.723. The largest absolute Gasteiger partial charge is 0.353 e. The first-order valence-electron chi connectivity index (χ1n) is 9.34. The van der Waals surface area contributed by atoms with Gasteiger partial charge in [0.25, 0.3) is 11.6 Å². The first kappa shape index (κ1) is 21.3. The van der Waals surface area contributed by atoms with Gasteiger partial charge in [0, 0.05) is 48.3 Å². The molecule has 0 saturated carbocycles. The molecule has 1 N–H and O–H groups in total. The summed E-state index contributed by atoms with van der Waals surface area (Å²) in [6.07, 6.45) is 1.79. The minimum absolute atomic E-state index is 0.00825. The number of amides is 2. The number of likely N-dealkylation sites (tertiary alicyclic amines) is 1. The van der Waals surface area contributed by atoms with Gasteiger partial charge < -0.3 is 10.2 Å². The molecular weight excluding hydrogens is 412 g/mol. The smallest absolute Gasteiger partial charge is 0.284 e. The van der Waals surface area contributed by atoms with Crippen molar-refractivity contribution in [3.8, 4) is 0 Å². The second-order valence-electron chi connectivity index (χ2n) is 6.78. The van der Waals surface area contributed by atoms with Crippen LogP contribution in [0.4, 0.5) is 5.69 Å². The topological polar surface area (TPSA) is 105 Å². The number of hydrogen-bond donors (Lipinski definition) is 1. The molecule has 10 heteroatoms. The SMILES string of the molecule is CCC(=O)NC1CCN(C(=O)c2ccc(Sc3nc(C)cs3)c([N+](=O)[O-])c2)CC1. The van der Waals surface area contributed by atoms with Gasteiger partial charge in [-0.1, -0.05) is 18.7 Å². The second kappa shape index (κ2) is 9.36. The third-order valence-electron chi connectivity index (χ3n) is 4.67. The molecular formula is C19H22N4O4S2. The molecule has 1 aliphatic heterocycles. The number of carbonyl (C=O) groups is 2. The van der Waals surface area contributed by atoms with Crippen molar-refractivity contribution < 1.29 is 14.5 Å². The molecule has 0 radical (unpaired) electrons. The molecule has 0 bridgehead atoms. The predicted molar refractivity (Wildman–Crippen MR) is 111 cm³/mol. The Morgan fingerprint density at radius 1 is 1.38 bits per heavy atom. The van der Waals surface area contributed by atoms with Gasteiger partial charge in [0.05, 0.1) is 9.82 Å². The number of nitrogens with zero attached hydrogens (tertiary/aromatic N) is 3. The first-order chi connectivity index (χ1) is 13.9. The van der Waals surface area contributed by atoms with Crippen LogP contribution in [0.25, 0.3) is 0 Å². The molecule has 0 unspecified atom stereocenters. The standard InChI is InChI=1S/C19H22N4O4S2/c1-3-17(24)21-14-6-8-22(9-7-14)18(25)13-4-5-16(15(10-13)23(26)27)29-19-20-12(2)11-28-19/h4-5,10-11,14H,3,6-9H2,1-2H3,(H,21,24). The lowest BCUT2D eigenvalue weighted by Crippen LogP contribution is -2.46. The van der Waals surface area contributed by atoms with E-state index in [0.717, 1.165) is 10.0 Å². The van der Waals surface area contributed by atoms with Crippen LogP contribution in [-0.2, 0) is 4.79 Å². The fourth-order valence-corrected chi connectivity index (χ4v) is 4.97.